The van der Waals surface area contributed by atoms with E-state index in [0.29, 0.717) is 26.4 Å². The van der Waals surface area contributed by atoms with E-state index in [1.165, 1.54) is 0 Å². The Labute approximate surface area is 205 Å². The molecule has 2 heterocycles. The number of hydrogen-bond donors (Lipinski definition) is 0. The van der Waals surface area contributed by atoms with Gasteiger partial charge in [0.15, 0.2) is 0 Å². The molecule has 0 radical (unpaired) electrons. The number of hydrogen-bond acceptors (Lipinski definition) is 4. The van der Waals surface area contributed by atoms with E-state index in [1.54, 1.807) is 0 Å². The normalized spacial score (nSPS) is 18.5. The van der Waals surface area contributed by atoms with Gasteiger partial charge in [0.25, 0.3) is 0 Å². The van der Waals surface area contributed by atoms with Crippen molar-refractivity contribution in [3.63, 3.8) is 0 Å². The lowest BCUT2D eigenvalue weighted by Gasteiger charge is -2.26. The fraction of sp³-hybridized carbons (Fsp3) is 0.226. The highest BCUT2D eigenvalue weighted by molar-refractivity contribution is 5.77. The molecular weight excluding hydrogens is 436 g/mol. The van der Waals surface area contributed by atoms with Crippen LogP contribution in [0.1, 0.15) is 6.42 Å². The predicted molar refractivity (Wildman–Crippen MR) is 135 cm³/mol. The van der Waals surface area contributed by atoms with Crippen LogP contribution in [0.5, 0.6) is 23.0 Å². The van der Waals surface area contributed by atoms with Gasteiger partial charge in [0.05, 0.1) is 37.3 Å². The van der Waals surface area contributed by atoms with Crippen LogP contribution < -0.4 is 18.9 Å². The summed E-state index contributed by atoms with van der Waals surface area (Å²) < 4.78 is 26.1. The van der Waals surface area contributed by atoms with Crippen LogP contribution >= 0.6 is 0 Å². The molecule has 0 unspecified atom stereocenters. The van der Waals surface area contributed by atoms with Crippen LogP contribution in [-0.2, 0) is 0 Å². The fourth-order valence-electron chi connectivity index (χ4n) is 5.63. The minimum atomic E-state index is -0.216. The predicted octanol–water partition coefficient (Wildman–Crippen LogP) is 6.64. The summed E-state index contributed by atoms with van der Waals surface area (Å²) in [4.78, 5) is 0. The Kier molecular flexibility index (Phi) is 4.56. The quantitative estimate of drug-likeness (QED) is 0.294. The summed E-state index contributed by atoms with van der Waals surface area (Å²) in [6.07, 6.45) is 0.911. The third kappa shape index (κ3) is 3.28. The van der Waals surface area contributed by atoms with Crippen molar-refractivity contribution in [3.8, 4) is 45.3 Å². The summed E-state index contributed by atoms with van der Waals surface area (Å²) >= 11 is 0. The van der Waals surface area contributed by atoms with Gasteiger partial charge in [0, 0.05) is 22.3 Å². The molecule has 4 aromatic carbocycles. The maximum atomic E-state index is 6.52. The molecule has 0 amide bonds. The van der Waals surface area contributed by atoms with Crippen molar-refractivity contribution in [2.75, 3.05) is 26.4 Å². The summed E-state index contributed by atoms with van der Waals surface area (Å²) in [5.74, 6) is 3.53. The van der Waals surface area contributed by atoms with Gasteiger partial charge in [-0.05, 0) is 30.7 Å². The fourth-order valence-corrected chi connectivity index (χ4v) is 5.63. The van der Waals surface area contributed by atoms with Crippen LogP contribution in [0, 0.1) is 10.8 Å². The van der Waals surface area contributed by atoms with Crippen LogP contribution in [0.4, 0.5) is 0 Å². The number of rotatable bonds is 0. The van der Waals surface area contributed by atoms with E-state index < -0.39 is 0 Å². The average molecular weight is 463 g/mol. The smallest absolute Gasteiger partial charge is 0.127 e. The van der Waals surface area contributed by atoms with Crippen molar-refractivity contribution in [1.82, 2.24) is 0 Å². The molecule has 0 bridgehead atoms. The van der Waals surface area contributed by atoms with Gasteiger partial charge in [-0.2, -0.15) is 0 Å². The minimum Gasteiger partial charge on any atom is -0.492 e. The van der Waals surface area contributed by atoms with Crippen LogP contribution in [0.25, 0.3) is 22.3 Å². The monoisotopic (exact) mass is 462 g/mol. The highest BCUT2D eigenvalue weighted by atomic mass is 16.5. The molecule has 2 spiro atoms. The molecule has 0 atom stereocenters. The van der Waals surface area contributed by atoms with E-state index in [2.05, 4.69) is 24.3 Å². The van der Waals surface area contributed by atoms with Gasteiger partial charge in [0.1, 0.15) is 23.0 Å². The summed E-state index contributed by atoms with van der Waals surface area (Å²) in [5, 5.41) is 0. The molecule has 3 aliphatic rings. The Morgan fingerprint density at radius 2 is 0.629 bits per heavy atom. The van der Waals surface area contributed by atoms with Crippen LogP contribution in [0.15, 0.2) is 97.1 Å². The number of fused-ring (bicyclic) bond motifs is 7. The topological polar surface area (TPSA) is 36.9 Å². The van der Waals surface area contributed by atoms with Gasteiger partial charge in [-0.3, -0.25) is 0 Å². The van der Waals surface area contributed by atoms with E-state index in [1.807, 2.05) is 72.8 Å². The maximum absolute atomic E-state index is 6.52. The summed E-state index contributed by atoms with van der Waals surface area (Å²) in [6.45, 7) is 2.20. The third-order valence-electron chi connectivity index (χ3n) is 7.82. The Morgan fingerprint density at radius 1 is 0.371 bits per heavy atom. The van der Waals surface area contributed by atoms with Crippen molar-refractivity contribution in [3.05, 3.63) is 97.1 Å². The second kappa shape index (κ2) is 7.81. The van der Waals surface area contributed by atoms with Crippen molar-refractivity contribution >= 4 is 0 Å². The van der Waals surface area contributed by atoms with Crippen LogP contribution in [0.3, 0.4) is 0 Å². The van der Waals surface area contributed by atoms with E-state index in [4.69, 9.17) is 18.9 Å². The first kappa shape index (κ1) is 20.5. The highest BCUT2D eigenvalue weighted by Crippen LogP contribution is 2.65. The Balaban J connectivity index is 1.27. The molecule has 4 nitrogen and oxygen atoms in total. The molecule has 4 heteroatoms. The SMILES string of the molecule is c1ccc2c(c1)OCC1(COc3ccccc3-2)CC12COc1ccccc1-c1ccccc1OC2. The third-order valence-corrected chi connectivity index (χ3v) is 7.82. The van der Waals surface area contributed by atoms with E-state index >= 15 is 0 Å². The molecule has 1 saturated carbocycles. The molecule has 0 saturated heterocycles. The second-order valence-corrected chi connectivity index (χ2v) is 9.88. The van der Waals surface area contributed by atoms with Crippen molar-refractivity contribution in [1.29, 1.82) is 0 Å². The lowest BCUT2D eigenvalue weighted by atomic mass is 9.95. The summed E-state index contributed by atoms with van der Waals surface area (Å²) in [5.41, 5.74) is 3.79. The molecule has 35 heavy (non-hydrogen) atoms. The van der Waals surface area contributed by atoms with Crippen molar-refractivity contribution in [2.24, 2.45) is 10.8 Å². The summed E-state index contributed by atoms with van der Waals surface area (Å²) in [6, 6.07) is 32.8. The van der Waals surface area contributed by atoms with Gasteiger partial charge in [-0.25, -0.2) is 0 Å². The van der Waals surface area contributed by atoms with Gasteiger partial charge in [-0.15, -0.1) is 0 Å². The molecule has 4 aromatic rings. The van der Waals surface area contributed by atoms with E-state index in [-0.39, 0.29) is 10.8 Å². The Bertz CT molecular complexity index is 1200. The zero-order chi connectivity index (χ0) is 23.3. The number of para-hydroxylation sites is 4. The maximum Gasteiger partial charge on any atom is 0.127 e. The van der Waals surface area contributed by atoms with Crippen LogP contribution in [0.2, 0.25) is 0 Å². The van der Waals surface area contributed by atoms with Gasteiger partial charge in [0.2, 0.25) is 0 Å². The average Bonchev–Trinajstić information content (AvgIpc) is 3.52. The van der Waals surface area contributed by atoms with E-state index in [0.717, 1.165) is 51.7 Å². The zero-order valence-electron chi connectivity index (χ0n) is 19.4. The molecule has 7 rings (SSSR count). The number of benzene rings is 4. The Morgan fingerprint density at radius 3 is 0.914 bits per heavy atom. The van der Waals surface area contributed by atoms with Gasteiger partial charge >= 0.3 is 0 Å². The molecule has 174 valence electrons. The summed E-state index contributed by atoms with van der Waals surface area (Å²) in [7, 11) is 0. The second-order valence-electron chi connectivity index (χ2n) is 9.88. The largest absolute Gasteiger partial charge is 0.492 e. The molecular formula is C31H26O4. The van der Waals surface area contributed by atoms with Crippen molar-refractivity contribution < 1.29 is 18.9 Å². The minimum absolute atomic E-state index is 0.216. The first-order valence-electron chi connectivity index (χ1n) is 12.2. The standard InChI is InChI=1S/C31H26O4/c1-5-13-26-22(9-1)23-10-2-6-14-27(23)33-19-30(18-32-26)17-31(30)20-34-28-15-7-3-11-24(28)25-12-4-8-16-29(25)35-21-31/h1-16H,17-21H2. The lowest BCUT2D eigenvalue weighted by Crippen LogP contribution is -2.35. The molecule has 0 N–H and O–H groups in total. The Hall–Kier alpha value is -3.92. The lowest BCUT2D eigenvalue weighted by molar-refractivity contribution is 0.0698. The van der Waals surface area contributed by atoms with Crippen molar-refractivity contribution in [2.45, 2.75) is 6.42 Å². The van der Waals surface area contributed by atoms with Crippen LogP contribution in [-0.4, -0.2) is 26.4 Å². The first-order valence-corrected chi connectivity index (χ1v) is 12.2. The molecule has 1 aliphatic carbocycles. The van der Waals surface area contributed by atoms with Gasteiger partial charge in [-0.1, -0.05) is 72.8 Å². The molecule has 2 aliphatic heterocycles. The molecule has 0 aromatic heterocycles. The zero-order valence-corrected chi connectivity index (χ0v) is 19.4. The number of ether oxygens (including phenoxy) is 4. The van der Waals surface area contributed by atoms with Gasteiger partial charge < -0.3 is 18.9 Å². The highest BCUT2D eigenvalue weighted by Gasteiger charge is 2.70. The molecule has 1 fully saturated rings. The first-order chi connectivity index (χ1) is 17.3. The van der Waals surface area contributed by atoms with E-state index in [9.17, 15) is 0 Å².